The fraction of sp³-hybridized carbons (Fsp3) is 0.353. The summed E-state index contributed by atoms with van der Waals surface area (Å²) in [4.78, 5) is 22.3. The number of carbonyl (C=O) groups excluding carboxylic acids is 1. The van der Waals surface area contributed by atoms with Gasteiger partial charge in [0.1, 0.15) is 21.4 Å². The molecule has 0 aliphatic carbocycles. The summed E-state index contributed by atoms with van der Waals surface area (Å²) in [5.41, 5.74) is 7.45. The second-order valence-electron chi connectivity index (χ2n) is 6.06. The molecule has 1 aliphatic heterocycles. The Morgan fingerprint density at radius 2 is 2.04 bits per heavy atom. The van der Waals surface area contributed by atoms with Crippen LogP contribution in [0.5, 0.6) is 0 Å². The summed E-state index contributed by atoms with van der Waals surface area (Å²) in [5.74, 6) is 0.401. The normalized spacial score (nSPS) is 15.7. The monoisotopic (exact) mass is 375 g/mol. The van der Waals surface area contributed by atoms with E-state index in [2.05, 4.69) is 9.97 Å². The Morgan fingerprint density at radius 3 is 2.73 bits per heavy atom. The Morgan fingerprint density at radius 1 is 1.31 bits per heavy atom. The third-order valence-corrected chi connectivity index (χ3v) is 5.78. The van der Waals surface area contributed by atoms with Crippen molar-refractivity contribution in [3.8, 4) is 0 Å². The van der Waals surface area contributed by atoms with E-state index in [4.69, 9.17) is 15.3 Å². The maximum absolute atomic E-state index is 12.7. The Hall–Kier alpha value is -2.52. The molecule has 1 aliphatic rings. The van der Waals surface area contributed by atoms with E-state index in [-0.39, 0.29) is 29.1 Å². The van der Waals surface area contributed by atoms with Gasteiger partial charge in [0.2, 0.25) is 11.1 Å². The van der Waals surface area contributed by atoms with Crippen LogP contribution in [0, 0.1) is 4.78 Å². The molecular weight excluding hydrogens is 354 g/mol. The molecule has 0 radical (unpaired) electrons. The highest BCUT2D eigenvalue weighted by Crippen LogP contribution is 2.32. The summed E-state index contributed by atoms with van der Waals surface area (Å²) in [6.07, 6.45) is 0.559. The molecule has 0 fully saturated rings. The first-order valence-corrected chi connectivity index (χ1v) is 9.91. The third-order valence-electron chi connectivity index (χ3n) is 4.14. The minimum atomic E-state index is -3.21. The van der Waals surface area contributed by atoms with E-state index in [0.717, 1.165) is 5.56 Å². The average Bonchev–Trinajstić information content (AvgIpc) is 2.93. The standard InChI is InChI=1S/C17H21N5O3S/c1-25-8-5-9-26(19,24)17-20-15(18)13-10-14(23)22(16(13)21-17)11-12-6-3-2-4-7-12/h2-4,6-7,19H,5,8-11H2,1H3,(H2,18,20,21). The summed E-state index contributed by atoms with van der Waals surface area (Å²) in [7, 11) is -1.67. The number of nitrogens with zero attached hydrogens (tertiary/aromatic N) is 3. The zero-order chi connectivity index (χ0) is 18.7. The number of nitrogens with two attached hydrogens (primary N) is 1. The molecule has 8 nitrogen and oxygen atoms in total. The second kappa shape index (κ2) is 7.38. The number of anilines is 2. The largest absolute Gasteiger partial charge is 0.385 e. The molecule has 1 unspecified atom stereocenters. The number of hydrogen-bond donors (Lipinski definition) is 2. The van der Waals surface area contributed by atoms with Crippen molar-refractivity contribution in [2.24, 2.45) is 0 Å². The van der Waals surface area contributed by atoms with E-state index in [1.807, 2.05) is 30.3 Å². The maximum atomic E-state index is 12.7. The van der Waals surface area contributed by atoms with Gasteiger partial charge in [0, 0.05) is 25.0 Å². The van der Waals surface area contributed by atoms with Crippen molar-refractivity contribution in [3.05, 3.63) is 41.5 Å². The van der Waals surface area contributed by atoms with Crippen LogP contribution < -0.4 is 10.6 Å². The molecule has 1 atom stereocenters. The summed E-state index contributed by atoms with van der Waals surface area (Å²) in [6, 6.07) is 9.51. The molecule has 1 amide bonds. The molecule has 1 aromatic heterocycles. The lowest BCUT2D eigenvalue weighted by atomic mass is 10.2. The van der Waals surface area contributed by atoms with Crippen LogP contribution in [0.3, 0.4) is 0 Å². The first-order valence-electron chi connectivity index (χ1n) is 8.18. The van der Waals surface area contributed by atoms with Crippen molar-refractivity contribution < 1.29 is 13.7 Å². The predicted octanol–water partition coefficient (Wildman–Crippen LogP) is 1.59. The van der Waals surface area contributed by atoms with E-state index in [9.17, 15) is 9.00 Å². The van der Waals surface area contributed by atoms with Crippen molar-refractivity contribution in [1.29, 1.82) is 4.78 Å². The van der Waals surface area contributed by atoms with Crippen molar-refractivity contribution in [2.75, 3.05) is 30.1 Å². The van der Waals surface area contributed by atoms with Gasteiger partial charge in [-0.05, 0) is 12.0 Å². The average molecular weight is 375 g/mol. The number of benzene rings is 1. The predicted molar refractivity (Wildman–Crippen MR) is 98.3 cm³/mol. The molecule has 9 heteroatoms. The number of ether oxygens (including phenoxy) is 1. The topological polar surface area (TPSA) is 122 Å². The SMILES string of the molecule is COCCCS(=N)(=O)c1nc(N)c2c(n1)N(Cc1ccccc1)C(=O)C2. The zero-order valence-corrected chi connectivity index (χ0v) is 15.3. The minimum Gasteiger partial charge on any atom is -0.385 e. The number of nitrogen functional groups attached to an aromatic ring is 1. The van der Waals surface area contributed by atoms with Crippen LogP contribution in [0.4, 0.5) is 11.6 Å². The van der Waals surface area contributed by atoms with Gasteiger partial charge in [-0.1, -0.05) is 30.3 Å². The van der Waals surface area contributed by atoms with Crippen LogP contribution in [0.1, 0.15) is 17.5 Å². The van der Waals surface area contributed by atoms with Gasteiger partial charge in [-0.25, -0.2) is 19.0 Å². The smallest absolute Gasteiger partial charge is 0.233 e. The molecular formula is C17H21N5O3S. The molecule has 0 saturated carbocycles. The van der Waals surface area contributed by atoms with E-state index in [1.165, 1.54) is 4.90 Å². The lowest BCUT2D eigenvalue weighted by molar-refractivity contribution is -0.117. The van der Waals surface area contributed by atoms with E-state index >= 15 is 0 Å². The quantitative estimate of drug-likeness (QED) is 0.560. The van der Waals surface area contributed by atoms with Crippen molar-refractivity contribution in [1.82, 2.24) is 9.97 Å². The van der Waals surface area contributed by atoms with Crippen molar-refractivity contribution >= 4 is 27.3 Å². The van der Waals surface area contributed by atoms with Gasteiger partial charge in [-0.2, -0.15) is 0 Å². The Balaban J connectivity index is 1.94. The second-order valence-corrected chi connectivity index (χ2v) is 8.19. The van der Waals surface area contributed by atoms with Gasteiger partial charge in [0.05, 0.1) is 13.0 Å². The Kier molecular flexibility index (Phi) is 5.19. The highest BCUT2D eigenvalue weighted by atomic mass is 32.2. The number of amides is 1. The van der Waals surface area contributed by atoms with E-state index < -0.39 is 9.73 Å². The molecule has 26 heavy (non-hydrogen) atoms. The number of rotatable bonds is 7. The van der Waals surface area contributed by atoms with Crippen LogP contribution in [0.2, 0.25) is 0 Å². The van der Waals surface area contributed by atoms with Gasteiger partial charge in [-0.3, -0.25) is 9.69 Å². The van der Waals surface area contributed by atoms with Crippen LogP contribution in [0.25, 0.3) is 0 Å². The highest BCUT2D eigenvalue weighted by molar-refractivity contribution is 7.92. The van der Waals surface area contributed by atoms with Gasteiger partial charge < -0.3 is 10.5 Å². The molecule has 3 rings (SSSR count). The highest BCUT2D eigenvalue weighted by Gasteiger charge is 2.33. The number of nitrogens with one attached hydrogen (secondary N) is 1. The van der Waals surface area contributed by atoms with Crippen LogP contribution in [0.15, 0.2) is 35.5 Å². The fourth-order valence-corrected chi connectivity index (χ4v) is 3.99. The lowest BCUT2D eigenvalue weighted by Crippen LogP contribution is -2.27. The summed E-state index contributed by atoms with van der Waals surface area (Å²) >= 11 is 0. The minimum absolute atomic E-state index is 0.0751. The van der Waals surface area contributed by atoms with Crippen LogP contribution in [-0.2, 0) is 32.2 Å². The lowest BCUT2D eigenvalue weighted by Gasteiger charge is -2.17. The van der Waals surface area contributed by atoms with Gasteiger partial charge in [0.25, 0.3) is 0 Å². The van der Waals surface area contributed by atoms with Crippen molar-refractivity contribution in [2.45, 2.75) is 24.5 Å². The van der Waals surface area contributed by atoms with Crippen LogP contribution >= 0.6 is 0 Å². The fourth-order valence-electron chi connectivity index (χ4n) is 2.80. The van der Waals surface area contributed by atoms with E-state index in [0.29, 0.717) is 31.0 Å². The number of aromatic nitrogens is 2. The van der Waals surface area contributed by atoms with Crippen LogP contribution in [-0.4, -0.2) is 39.6 Å². The molecule has 0 spiro atoms. The van der Waals surface area contributed by atoms with Crippen molar-refractivity contribution in [3.63, 3.8) is 0 Å². The summed E-state index contributed by atoms with van der Waals surface area (Å²) in [6.45, 7) is 0.736. The maximum Gasteiger partial charge on any atom is 0.233 e. The van der Waals surface area contributed by atoms with Gasteiger partial charge in [0.15, 0.2) is 0 Å². The first-order chi connectivity index (χ1) is 12.4. The van der Waals surface area contributed by atoms with E-state index in [1.54, 1.807) is 7.11 Å². The number of carbonyl (C=O) groups is 1. The van der Waals surface area contributed by atoms with Gasteiger partial charge in [-0.15, -0.1) is 0 Å². The first kappa shape index (κ1) is 18.3. The molecule has 2 heterocycles. The zero-order valence-electron chi connectivity index (χ0n) is 14.5. The van der Waals surface area contributed by atoms with Gasteiger partial charge >= 0.3 is 0 Å². The summed E-state index contributed by atoms with van der Waals surface area (Å²) in [5, 5.41) is -0.127. The number of fused-ring (bicyclic) bond motifs is 1. The molecule has 3 N–H and O–H groups in total. The molecule has 2 aromatic rings. The number of methoxy groups -OCH3 is 1. The summed E-state index contributed by atoms with van der Waals surface area (Å²) < 4.78 is 25.8. The number of hydrogen-bond acceptors (Lipinski definition) is 7. The molecule has 1 aromatic carbocycles. The molecule has 138 valence electrons. The Labute approximate surface area is 152 Å². The molecule has 0 saturated heterocycles. The third kappa shape index (κ3) is 3.68. The Bertz CT molecular complexity index is 915. The molecule has 0 bridgehead atoms.